The number of halogens is 1. The van der Waals surface area contributed by atoms with Gasteiger partial charge in [-0.3, -0.25) is 0 Å². The summed E-state index contributed by atoms with van der Waals surface area (Å²) in [6, 6.07) is 1.41. The first-order chi connectivity index (χ1) is 8.49. The number of hydrogen-bond donors (Lipinski definition) is 3. The van der Waals surface area contributed by atoms with E-state index in [1.807, 2.05) is 13.2 Å². The lowest BCUT2D eigenvalue weighted by molar-refractivity contribution is 0.0697. The first-order valence-electron chi connectivity index (χ1n) is 5.28. The van der Waals surface area contributed by atoms with Crippen LogP contribution in [-0.2, 0) is 0 Å². The van der Waals surface area contributed by atoms with E-state index in [0.717, 1.165) is 0 Å². The van der Waals surface area contributed by atoms with Gasteiger partial charge in [-0.1, -0.05) is 0 Å². The van der Waals surface area contributed by atoms with Crippen molar-refractivity contribution < 1.29 is 15.0 Å². The normalized spacial score (nSPS) is 14.0. The maximum Gasteiger partial charge on any atom is 0.339 e. The highest BCUT2D eigenvalue weighted by molar-refractivity contribution is 9.10. The Hall–Kier alpha value is -0.790. The monoisotopic (exact) mass is 334 g/mol. The van der Waals surface area contributed by atoms with Crippen molar-refractivity contribution >= 4 is 39.5 Å². The zero-order valence-electron chi connectivity index (χ0n) is 10.1. The SMILES string of the molecule is CSC(CO)C(C)Nc1ncc(Br)cc1C(=O)O. The molecule has 0 aliphatic carbocycles. The molecule has 0 saturated heterocycles. The van der Waals surface area contributed by atoms with Gasteiger partial charge in [0.05, 0.1) is 6.61 Å². The van der Waals surface area contributed by atoms with Crippen molar-refractivity contribution in [2.75, 3.05) is 18.2 Å². The van der Waals surface area contributed by atoms with Gasteiger partial charge in [-0.15, -0.1) is 0 Å². The molecule has 0 aromatic carbocycles. The van der Waals surface area contributed by atoms with Crippen LogP contribution < -0.4 is 5.32 Å². The van der Waals surface area contributed by atoms with Crippen LogP contribution in [0, 0.1) is 0 Å². The van der Waals surface area contributed by atoms with E-state index in [4.69, 9.17) is 5.11 Å². The van der Waals surface area contributed by atoms with Crippen LogP contribution in [0.5, 0.6) is 0 Å². The van der Waals surface area contributed by atoms with E-state index < -0.39 is 5.97 Å². The second-order valence-corrected chi connectivity index (χ2v) is 5.74. The molecule has 1 aromatic rings. The summed E-state index contributed by atoms with van der Waals surface area (Å²) in [5.74, 6) is -0.728. The minimum Gasteiger partial charge on any atom is -0.478 e. The molecule has 5 nitrogen and oxygen atoms in total. The van der Waals surface area contributed by atoms with E-state index >= 15 is 0 Å². The predicted octanol–water partition coefficient (Wildman–Crippen LogP) is 2.07. The van der Waals surface area contributed by atoms with Crippen LogP contribution in [0.1, 0.15) is 17.3 Å². The van der Waals surface area contributed by atoms with Gasteiger partial charge in [0.25, 0.3) is 0 Å². The number of aromatic carboxylic acids is 1. The number of nitrogens with zero attached hydrogens (tertiary/aromatic N) is 1. The average molecular weight is 335 g/mol. The summed E-state index contributed by atoms with van der Waals surface area (Å²) in [5.41, 5.74) is 0.106. The Morgan fingerprint density at radius 2 is 2.33 bits per heavy atom. The van der Waals surface area contributed by atoms with Crippen molar-refractivity contribution in [2.45, 2.75) is 18.2 Å². The Morgan fingerprint density at radius 3 is 2.83 bits per heavy atom. The van der Waals surface area contributed by atoms with Gasteiger partial charge in [-0.2, -0.15) is 11.8 Å². The highest BCUT2D eigenvalue weighted by Crippen LogP contribution is 2.21. The van der Waals surface area contributed by atoms with Crippen LogP contribution in [0.4, 0.5) is 5.82 Å². The van der Waals surface area contributed by atoms with E-state index in [1.54, 1.807) is 0 Å². The number of nitrogens with one attached hydrogen (secondary N) is 1. The smallest absolute Gasteiger partial charge is 0.339 e. The van der Waals surface area contributed by atoms with E-state index in [0.29, 0.717) is 10.3 Å². The quantitative estimate of drug-likeness (QED) is 0.738. The number of carbonyl (C=O) groups is 1. The molecule has 3 N–H and O–H groups in total. The maximum atomic E-state index is 11.1. The highest BCUT2D eigenvalue weighted by Gasteiger charge is 2.19. The average Bonchev–Trinajstić information content (AvgIpc) is 2.32. The van der Waals surface area contributed by atoms with Crippen molar-refractivity contribution in [1.82, 2.24) is 4.98 Å². The fraction of sp³-hybridized carbons (Fsp3) is 0.455. The van der Waals surface area contributed by atoms with Gasteiger partial charge in [-0.05, 0) is 35.2 Å². The van der Waals surface area contributed by atoms with E-state index in [-0.39, 0.29) is 23.5 Å². The van der Waals surface area contributed by atoms with Crippen LogP contribution >= 0.6 is 27.7 Å². The van der Waals surface area contributed by atoms with Crippen molar-refractivity contribution in [3.05, 3.63) is 22.3 Å². The first-order valence-corrected chi connectivity index (χ1v) is 7.36. The zero-order valence-corrected chi connectivity index (χ0v) is 12.5. The van der Waals surface area contributed by atoms with Crippen molar-refractivity contribution in [2.24, 2.45) is 0 Å². The molecule has 0 saturated carbocycles. The third-order valence-electron chi connectivity index (χ3n) is 2.49. The van der Waals surface area contributed by atoms with Crippen molar-refractivity contribution in [1.29, 1.82) is 0 Å². The number of hydrogen-bond acceptors (Lipinski definition) is 5. The second kappa shape index (κ2) is 6.96. The third kappa shape index (κ3) is 3.86. The Balaban J connectivity index is 2.93. The van der Waals surface area contributed by atoms with Crippen LogP contribution in [0.2, 0.25) is 0 Å². The largest absolute Gasteiger partial charge is 0.478 e. The third-order valence-corrected chi connectivity index (χ3v) is 4.09. The lowest BCUT2D eigenvalue weighted by atomic mass is 10.2. The predicted molar refractivity (Wildman–Crippen MR) is 76.4 cm³/mol. The molecule has 0 aliphatic rings. The molecule has 18 heavy (non-hydrogen) atoms. The van der Waals surface area contributed by atoms with Crippen LogP contribution in [0.3, 0.4) is 0 Å². The van der Waals surface area contributed by atoms with Gasteiger partial charge in [-0.25, -0.2) is 9.78 Å². The minimum atomic E-state index is -1.04. The standard InChI is InChI=1S/C11H15BrN2O3S/c1-6(9(5-15)18-2)14-10-8(11(16)17)3-7(12)4-13-10/h3-4,6,9,15H,5H2,1-2H3,(H,13,14)(H,16,17). The van der Waals surface area contributed by atoms with Gasteiger partial charge in [0, 0.05) is 22.0 Å². The van der Waals surface area contributed by atoms with E-state index in [9.17, 15) is 9.90 Å². The van der Waals surface area contributed by atoms with Crippen LogP contribution in [-0.4, -0.2) is 45.3 Å². The molecule has 0 amide bonds. The molecule has 0 aliphatic heterocycles. The fourth-order valence-electron chi connectivity index (χ4n) is 1.46. The Bertz CT molecular complexity index is 427. The minimum absolute atomic E-state index is 0.0166. The van der Waals surface area contributed by atoms with Crippen molar-refractivity contribution in [3.63, 3.8) is 0 Å². The van der Waals surface area contributed by atoms with Crippen LogP contribution in [0.25, 0.3) is 0 Å². The van der Waals surface area contributed by atoms with E-state index in [1.165, 1.54) is 24.0 Å². The van der Waals surface area contributed by atoms with Crippen molar-refractivity contribution in [3.8, 4) is 0 Å². The van der Waals surface area contributed by atoms with Gasteiger partial charge in [0.15, 0.2) is 0 Å². The summed E-state index contributed by atoms with van der Waals surface area (Å²) < 4.78 is 0.613. The molecule has 0 bridgehead atoms. The highest BCUT2D eigenvalue weighted by atomic mass is 79.9. The molecule has 2 unspecified atom stereocenters. The molecule has 1 aromatic heterocycles. The number of carboxylic acids is 1. The molecule has 0 fully saturated rings. The summed E-state index contributed by atoms with van der Waals surface area (Å²) in [6.45, 7) is 1.90. The Labute approximate surface area is 118 Å². The van der Waals surface area contributed by atoms with Crippen LogP contribution in [0.15, 0.2) is 16.7 Å². The number of thioether (sulfide) groups is 1. The molecule has 1 heterocycles. The maximum absolute atomic E-state index is 11.1. The topological polar surface area (TPSA) is 82.5 Å². The molecular weight excluding hydrogens is 320 g/mol. The summed E-state index contributed by atoms with van der Waals surface area (Å²) in [5, 5.41) is 21.3. The summed E-state index contributed by atoms with van der Waals surface area (Å²) in [4.78, 5) is 15.2. The Morgan fingerprint density at radius 1 is 1.67 bits per heavy atom. The lowest BCUT2D eigenvalue weighted by Crippen LogP contribution is -2.32. The number of rotatable bonds is 6. The molecule has 7 heteroatoms. The molecule has 1 rings (SSSR count). The zero-order chi connectivity index (χ0) is 13.7. The first kappa shape index (κ1) is 15.3. The molecule has 0 radical (unpaired) electrons. The van der Waals surface area contributed by atoms with E-state index in [2.05, 4.69) is 26.2 Å². The van der Waals surface area contributed by atoms with Gasteiger partial charge in [0.1, 0.15) is 11.4 Å². The number of pyridine rings is 1. The summed E-state index contributed by atoms with van der Waals surface area (Å²) >= 11 is 4.71. The summed E-state index contributed by atoms with van der Waals surface area (Å²) in [7, 11) is 0. The Kier molecular flexibility index (Phi) is 5.90. The fourth-order valence-corrected chi connectivity index (χ4v) is 2.42. The van der Waals surface area contributed by atoms with Gasteiger partial charge < -0.3 is 15.5 Å². The number of carboxylic acid groups (broad SMARTS) is 1. The molecule has 0 spiro atoms. The lowest BCUT2D eigenvalue weighted by Gasteiger charge is -2.22. The number of aliphatic hydroxyl groups is 1. The van der Waals surface area contributed by atoms with Gasteiger partial charge >= 0.3 is 5.97 Å². The second-order valence-electron chi connectivity index (χ2n) is 3.74. The summed E-state index contributed by atoms with van der Waals surface area (Å²) in [6.07, 6.45) is 3.43. The molecule has 2 atom stereocenters. The molecular formula is C11H15BrN2O3S. The number of aromatic nitrogens is 1. The number of aliphatic hydroxyl groups excluding tert-OH is 1. The van der Waals surface area contributed by atoms with Gasteiger partial charge in [0.2, 0.25) is 0 Å². The number of anilines is 1. The molecule has 100 valence electrons.